The van der Waals surface area contributed by atoms with Crippen molar-refractivity contribution in [1.82, 2.24) is 9.97 Å². The number of unbranched alkanes of at least 4 members (excludes halogenated alkanes) is 6. The SMILES string of the molecule is CCCCCCCCCC(c1c[nH]c2ccccc12)c1c[nH]c2ccccc12. The van der Waals surface area contributed by atoms with Crippen LogP contribution in [0.25, 0.3) is 21.8 Å². The summed E-state index contributed by atoms with van der Waals surface area (Å²) in [6.07, 6.45) is 15.2. The van der Waals surface area contributed by atoms with Gasteiger partial charge in [0.1, 0.15) is 0 Å². The molecule has 2 heterocycles. The van der Waals surface area contributed by atoms with E-state index in [0.717, 1.165) is 0 Å². The first-order chi connectivity index (χ1) is 13.9. The number of fused-ring (bicyclic) bond motifs is 2. The van der Waals surface area contributed by atoms with Gasteiger partial charge in [-0.1, -0.05) is 88.3 Å². The van der Waals surface area contributed by atoms with Crippen molar-refractivity contribution in [2.75, 3.05) is 0 Å². The molecule has 0 spiro atoms. The smallest absolute Gasteiger partial charge is 0.0457 e. The fraction of sp³-hybridized carbons (Fsp3) is 0.385. The Labute approximate surface area is 168 Å². The lowest BCUT2D eigenvalue weighted by Gasteiger charge is -2.17. The van der Waals surface area contributed by atoms with Crippen LogP contribution in [0.4, 0.5) is 0 Å². The van der Waals surface area contributed by atoms with Gasteiger partial charge in [-0.3, -0.25) is 0 Å². The Kier molecular flexibility index (Phi) is 6.16. The van der Waals surface area contributed by atoms with Crippen LogP contribution in [0.1, 0.15) is 75.3 Å². The van der Waals surface area contributed by atoms with E-state index in [-0.39, 0.29) is 0 Å². The summed E-state index contributed by atoms with van der Waals surface area (Å²) in [7, 11) is 0. The molecule has 2 aromatic carbocycles. The number of nitrogens with one attached hydrogen (secondary N) is 2. The summed E-state index contributed by atoms with van der Waals surface area (Å²) in [6.45, 7) is 2.28. The second kappa shape index (κ2) is 9.14. The zero-order chi connectivity index (χ0) is 19.2. The van der Waals surface area contributed by atoms with Crippen molar-refractivity contribution in [3.05, 3.63) is 72.1 Å². The van der Waals surface area contributed by atoms with Crippen LogP contribution in [0, 0.1) is 0 Å². The Morgan fingerprint density at radius 1 is 0.643 bits per heavy atom. The van der Waals surface area contributed by atoms with Gasteiger partial charge in [-0.2, -0.15) is 0 Å². The molecule has 146 valence electrons. The lowest BCUT2D eigenvalue weighted by atomic mass is 9.86. The van der Waals surface area contributed by atoms with Crippen molar-refractivity contribution < 1.29 is 0 Å². The second-order valence-corrected chi connectivity index (χ2v) is 8.04. The van der Waals surface area contributed by atoms with E-state index >= 15 is 0 Å². The van der Waals surface area contributed by atoms with E-state index in [4.69, 9.17) is 0 Å². The van der Waals surface area contributed by atoms with E-state index in [9.17, 15) is 0 Å². The highest BCUT2D eigenvalue weighted by molar-refractivity contribution is 5.88. The normalized spacial score (nSPS) is 11.8. The van der Waals surface area contributed by atoms with Gasteiger partial charge in [-0.05, 0) is 29.7 Å². The second-order valence-electron chi connectivity index (χ2n) is 8.04. The minimum atomic E-state index is 0.433. The number of hydrogen-bond donors (Lipinski definition) is 2. The first-order valence-corrected chi connectivity index (χ1v) is 11.0. The maximum absolute atomic E-state index is 3.49. The molecule has 4 aromatic rings. The molecular weight excluding hydrogens is 340 g/mol. The van der Waals surface area contributed by atoms with Crippen molar-refractivity contribution in [3.63, 3.8) is 0 Å². The first kappa shape index (κ1) is 18.9. The highest BCUT2D eigenvalue weighted by Gasteiger charge is 2.20. The van der Waals surface area contributed by atoms with Gasteiger partial charge < -0.3 is 9.97 Å². The van der Waals surface area contributed by atoms with E-state index in [2.05, 4.69) is 77.8 Å². The Hall–Kier alpha value is -2.48. The summed E-state index contributed by atoms with van der Waals surface area (Å²) in [6, 6.07) is 17.4. The minimum absolute atomic E-state index is 0.433. The number of rotatable bonds is 10. The first-order valence-electron chi connectivity index (χ1n) is 11.0. The summed E-state index contributed by atoms with van der Waals surface area (Å²) >= 11 is 0. The molecule has 0 bridgehead atoms. The zero-order valence-corrected chi connectivity index (χ0v) is 17.0. The Morgan fingerprint density at radius 3 is 1.71 bits per heavy atom. The van der Waals surface area contributed by atoms with E-state index < -0.39 is 0 Å². The molecule has 0 aliphatic carbocycles. The van der Waals surface area contributed by atoms with Gasteiger partial charge in [0.15, 0.2) is 0 Å². The van der Waals surface area contributed by atoms with E-state index in [1.54, 1.807) is 0 Å². The van der Waals surface area contributed by atoms with Crippen LogP contribution in [-0.2, 0) is 0 Å². The number of hydrogen-bond acceptors (Lipinski definition) is 0. The summed E-state index contributed by atoms with van der Waals surface area (Å²) in [5.74, 6) is 0.433. The molecule has 0 unspecified atom stereocenters. The van der Waals surface area contributed by atoms with Gasteiger partial charge in [-0.25, -0.2) is 0 Å². The predicted molar refractivity (Wildman–Crippen MR) is 121 cm³/mol. The zero-order valence-electron chi connectivity index (χ0n) is 17.0. The van der Waals surface area contributed by atoms with Gasteiger partial charge in [0, 0.05) is 40.1 Å². The monoisotopic (exact) mass is 372 g/mol. The highest BCUT2D eigenvalue weighted by atomic mass is 14.7. The summed E-state index contributed by atoms with van der Waals surface area (Å²) < 4.78 is 0. The van der Waals surface area contributed by atoms with Crippen LogP contribution < -0.4 is 0 Å². The van der Waals surface area contributed by atoms with Crippen molar-refractivity contribution in [1.29, 1.82) is 0 Å². The average Bonchev–Trinajstić information content (AvgIpc) is 3.35. The molecular formula is C26H32N2. The van der Waals surface area contributed by atoms with Gasteiger partial charge in [0.25, 0.3) is 0 Å². The standard InChI is InChI=1S/C26H32N2/c1-2-3-4-5-6-7-8-13-20(23-18-27-25-16-11-9-14-21(23)25)24-19-28-26-17-12-10-15-22(24)26/h9-12,14-20,27-28H,2-8,13H2,1H3. The van der Waals surface area contributed by atoms with Crippen molar-refractivity contribution in [2.24, 2.45) is 0 Å². The summed E-state index contributed by atoms with van der Waals surface area (Å²) in [5, 5.41) is 2.72. The number of H-pyrrole nitrogens is 2. The average molecular weight is 373 g/mol. The van der Waals surface area contributed by atoms with Crippen LogP contribution in [0.5, 0.6) is 0 Å². The third-order valence-corrected chi connectivity index (χ3v) is 6.09. The van der Waals surface area contributed by atoms with E-state index in [0.29, 0.717) is 5.92 Å². The van der Waals surface area contributed by atoms with Crippen LogP contribution in [0.3, 0.4) is 0 Å². The molecule has 0 radical (unpaired) electrons. The Bertz CT molecular complexity index is 933. The number of aromatic amines is 2. The van der Waals surface area contributed by atoms with E-state index in [1.165, 1.54) is 84.3 Å². The van der Waals surface area contributed by atoms with Gasteiger partial charge in [-0.15, -0.1) is 0 Å². The molecule has 2 nitrogen and oxygen atoms in total. The Balaban J connectivity index is 1.57. The largest absolute Gasteiger partial charge is 0.361 e. The quantitative estimate of drug-likeness (QED) is 0.265. The molecule has 0 saturated carbocycles. The number of para-hydroxylation sites is 2. The lowest BCUT2D eigenvalue weighted by molar-refractivity contribution is 0.560. The molecule has 2 N–H and O–H groups in total. The van der Waals surface area contributed by atoms with Crippen molar-refractivity contribution in [3.8, 4) is 0 Å². The maximum atomic E-state index is 3.49. The molecule has 0 fully saturated rings. The molecule has 0 amide bonds. The van der Waals surface area contributed by atoms with E-state index in [1.807, 2.05) is 0 Å². The summed E-state index contributed by atoms with van der Waals surface area (Å²) in [4.78, 5) is 6.99. The number of aromatic nitrogens is 2. The molecule has 0 aliphatic rings. The molecule has 28 heavy (non-hydrogen) atoms. The number of benzene rings is 2. The van der Waals surface area contributed by atoms with Crippen molar-refractivity contribution >= 4 is 21.8 Å². The van der Waals surface area contributed by atoms with Gasteiger partial charge in [0.05, 0.1) is 0 Å². The minimum Gasteiger partial charge on any atom is -0.361 e. The van der Waals surface area contributed by atoms with Gasteiger partial charge in [0.2, 0.25) is 0 Å². The predicted octanol–water partition coefficient (Wildman–Crippen LogP) is 7.92. The van der Waals surface area contributed by atoms with Crippen LogP contribution in [0.15, 0.2) is 60.9 Å². The third kappa shape index (κ3) is 4.01. The topological polar surface area (TPSA) is 31.6 Å². The van der Waals surface area contributed by atoms with Crippen LogP contribution >= 0.6 is 0 Å². The third-order valence-electron chi connectivity index (χ3n) is 6.09. The van der Waals surface area contributed by atoms with Crippen molar-refractivity contribution in [2.45, 2.75) is 64.2 Å². The molecule has 2 heteroatoms. The fourth-order valence-electron chi connectivity index (χ4n) is 4.55. The summed E-state index contributed by atoms with van der Waals surface area (Å²) in [5.41, 5.74) is 5.35. The van der Waals surface area contributed by atoms with Crippen LogP contribution in [-0.4, -0.2) is 9.97 Å². The van der Waals surface area contributed by atoms with Gasteiger partial charge >= 0.3 is 0 Å². The highest BCUT2D eigenvalue weighted by Crippen LogP contribution is 2.38. The molecule has 0 aliphatic heterocycles. The molecule has 0 saturated heterocycles. The van der Waals surface area contributed by atoms with Crippen LogP contribution in [0.2, 0.25) is 0 Å². The lowest BCUT2D eigenvalue weighted by Crippen LogP contribution is -2.00. The fourth-order valence-corrected chi connectivity index (χ4v) is 4.55. The Morgan fingerprint density at radius 2 is 1.14 bits per heavy atom. The molecule has 2 aromatic heterocycles. The molecule has 0 atom stereocenters. The molecule has 4 rings (SSSR count). The maximum Gasteiger partial charge on any atom is 0.0457 e.